The number of nitrogens with one attached hydrogen (secondary N) is 1. The molecule has 1 N–H and O–H groups in total. The lowest BCUT2D eigenvalue weighted by molar-refractivity contribution is 0.602. The average molecular weight is 304 g/mol. The Morgan fingerprint density at radius 2 is 1.95 bits per heavy atom. The van der Waals surface area contributed by atoms with Crippen molar-refractivity contribution in [3.05, 3.63) is 29.6 Å². The smallest absolute Gasteiger partial charge is 0.175 e. The first kappa shape index (κ1) is 13.8. The van der Waals surface area contributed by atoms with Crippen LogP contribution in [0.3, 0.4) is 0 Å². The standard InChI is InChI=1S/C14H16N4O2S/c1-8-13(9(2)18(3)17-8)14-15-11-6-5-10(21(4,19)20)7-12(11)16-14/h5-7H,1-4H3,(H,15,16). The second-order valence-corrected chi connectivity index (χ2v) is 7.22. The quantitative estimate of drug-likeness (QED) is 0.785. The summed E-state index contributed by atoms with van der Waals surface area (Å²) in [4.78, 5) is 8.01. The molecule has 7 heteroatoms. The molecule has 3 aromatic rings. The van der Waals surface area contributed by atoms with E-state index in [1.165, 1.54) is 6.26 Å². The zero-order valence-corrected chi connectivity index (χ0v) is 13.1. The average Bonchev–Trinajstić information content (AvgIpc) is 2.89. The topological polar surface area (TPSA) is 80.6 Å². The predicted molar refractivity (Wildman–Crippen MR) is 80.9 cm³/mol. The number of sulfone groups is 1. The van der Waals surface area contributed by atoms with E-state index in [2.05, 4.69) is 15.1 Å². The van der Waals surface area contributed by atoms with E-state index in [-0.39, 0.29) is 4.90 Å². The molecule has 110 valence electrons. The van der Waals surface area contributed by atoms with Gasteiger partial charge in [0.15, 0.2) is 9.84 Å². The van der Waals surface area contributed by atoms with Crippen molar-refractivity contribution in [3.63, 3.8) is 0 Å². The van der Waals surface area contributed by atoms with Crippen molar-refractivity contribution in [1.29, 1.82) is 0 Å². The van der Waals surface area contributed by atoms with Gasteiger partial charge in [-0.3, -0.25) is 4.68 Å². The van der Waals surface area contributed by atoms with E-state index in [1.54, 1.807) is 22.9 Å². The Bertz CT molecular complexity index is 951. The Kier molecular flexibility index (Phi) is 2.91. The third-order valence-electron chi connectivity index (χ3n) is 3.63. The molecule has 3 rings (SSSR count). The van der Waals surface area contributed by atoms with Crippen molar-refractivity contribution >= 4 is 20.9 Å². The van der Waals surface area contributed by atoms with Crippen LogP contribution in [0.1, 0.15) is 11.4 Å². The Morgan fingerprint density at radius 1 is 1.24 bits per heavy atom. The molecular weight excluding hydrogens is 288 g/mol. The zero-order valence-electron chi connectivity index (χ0n) is 12.3. The number of aromatic nitrogens is 4. The largest absolute Gasteiger partial charge is 0.338 e. The van der Waals surface area contributed by atoms with Crippen LogP contribution in [0.4, 0.5) is 0 Å². The lowest BCUT2D eigenvalue weighted by Crippen LogP contribution is -1.96. The molecule has 1 aromatic carbocycles. The number of hydrogen-bond donors (Lipinski definition) is 1. The SMILES string of the molecule is Cc1nn(C)c(C)c1-c1nc2ccc(S(C)(=O)=O)cc2[nH]1. The fourth-order valence-corrected chi connectivity index (χ4v) is 3.10. The number of imidazole rings is 1. The summed E-state index contributed by atoms with van der Waals surface area (Å²) in [5.41, 5.74) is 4.29. The monoisotopic (exact) mass is 304 g/mol. The van der Waals surface area contributed by atoms with Gasteiger partial charge in [0.25, 0.3) is 0 Å². The Hall–Kier alpha value is -2.15. The van der Waals surface area contributed by atoms with E-state index in [0.717, 1.165) is 22.5 Å². The summed E-state index contributed by atoms with van der Waals surface area (Å²) < 4.78 is 25.0. The molecule has 0 aliphatic carbocycles. The number of aromatic amines is 1. The summed E-state index contributed by atoms with van der Waals surface area (Å²) in [5, 5.41) is 4.37. The second-order valence-electron chi connectivity index (χ2n) is 5.21. The van der Waals surface area contributed by atoms with Gasteiger partial charge in [-0.15, -0.1) is 0 Å². The molecule has 0 amide bonds. The summed E-state index contributed by atoms with van der Waals surface area (Å²) in [6, 6.07) is 4.90. The predicted octanol–water partition coefficient (Wildman–Crippen LogP) is 1.98. The molecule has 2 aromatic heterocycles. The molecule has 0 atom stereocenters. The first-order valence-electron chi connectivity index (χ1n) is 6.48. The molecule has 0 bridgehead atoms. The maximum absolute atomic E-state index is 11.6. The molecule has 0 fully saturated rings. The van der Waals surface area contributed by atoms with Gasteiger partial charge >= 0.3 is 0 Å². The number of hydrogen-bond acceptors (Lipinski definition) is 4. The number of nitrogens with zero attached hydrogens (tertiary/aromatic N) is 3. The fourth-order valence-electron chi connectivity index (χ4n) is 2.45. The molecule has 0 aliphatic heterocycles. The van der Waals surface area contributed by atoms with Gasteiger partial charge in [0.2, 0.25) is 0 Å². The Morgan fingerprint density at radius 3 is 2.52 bits per heavy atom. The highest BCUT2D eigenvalue weighted by Crippen LogP contribution is 2.27. The van der Waals surface area contributed by atoms with E-state index < -0.39 is 9.84 Å². The van der Waals surface area contributed by atoms with Gasteiger partial charge in [0.05, 0.1) is 27.2 Å². The lowest BCUT2D eigenvalue weighted by Gasteiger charge is -1.97. The van der Waals surface area contributed by atoms with Crippen LogP contribution in [0.5, 0.6) is 0 Å². The minimum Gasteiger partial charge on any atom is -0.338 e. The first-order valence-corrected chi connectivity index (χ1v) is 8.37. The van der Waals surface area contributed by atoms with Crippen molar-refractivity contribution in [2.75, 3.05) is 6.26 Å². The van der Waals surface area contributed by atoms with Gasteiger partial charge in [-0.05, 0) is 32.0 Å². The normalized spacial score (nSPS) is 12.2. The maximum Gasteiger partial charge on any atom is 0.175 e. The van der Waals surface area contributed by atoms with E-state index in [1.807, 2.05) is 20.9 Å². The van der Waals surface area contributed by atoms with Crippen LogP contribution < -0.4 is 0 Å². The van der Waals surface area contributed by atoms with Crippen molar-refractivity contribution < 1.29 is 8.42 Å². The summed E-state index contributed by atoms with van der Waals surface area (Å²) >= 11 is 0. The number of rotatable bonds is 2. The minimum absolute atomic E-state index is 0.282. The van der Waals surface area contributed by atoms with Crippen molar-refractivity contribution in [3.8, 4) is 11.4 Å². The molecule has 2 heterocycles. The Labute approximate surface area is 122 Å². The Balaban J connectivity index is 2.22. The van der Waals surface area contributed by atoms with Crippen LogP contribution in [0.15, 0.2) is 23.1 Å². The molecule has 0 saturated carbocycles. The maximum atomic E-state index is 11.6. The second kappa shape index (κ2) is 4.42. The molecule has 0 radical (unpaired) electrons. The van der Waals surface area contributed by atoms with Gasteiger partial charge in [0, 0.05) is 19.0 Å². The highest BCUT2D eigenvalue weighted by Gasteiger charge is 2.16. The van der Waals surface area contributed by atoms with Crippen LogP contribution in [-0.2, 0) is 16.9 Å². The van der Waals surface area contributed by atoms with Crippen molar-refractivity contribution in [2.24, 2.45) is 7.05 Å². The third kappa shape index (κ3) is 2.23. The molecule has 0 saturated heterocycles. The van der Waals surface area contributed by atoms with Crippen LogP contribution in [0, 0.1) is 13.8 Å². The van der Waals surface area contributed by atoms with Crippen LogP contribution in [-0.4, -0.2) is 34.4 Å². The summed E-state index contributed by atoms with van der Waals surface area (Å²) in [6.07, 6.45) is 1.20. The molecule has 0 spiro atoms. The number of fused-ring (bicyclic) bond motifs is 1. The van der Waals surface area contributed by atoms with Gasteiger partial charge in [-0.1, -0.05) is 0 Å². The number of aryl methyl sites for hydroxylation is 2. The molecule has 6 nitrogen and oxygen atoms in total. The first-order chi connectivity index (χ1) is 9.77. The molecular formula is C14H16N4O2S. The van der Waals surface area contributed by atoms with Gasteiger partial charge in [0.1, 0.15) is 5.82 Å². The highest BCUT2D eigenvalue weighted by atomic mass is 32.2. The van der Waals surface area contributed by atoms with Crippen LogP contribution >= 0.6 is 0 Å². The minimum atomic E-state index is -3.23. The van der Waals surface area contributed by atoms with Crippen LogP contribution in [0.2, 0.25) is 0 Å². The fraction of sp³-hybridized carbons (Fsp3) is 0.286. The van der Waals surface area contributed by atoms with Crippen LogP contribution in [0.25, 0.3) is 22.4 Å². The van der Waals surface area contributed by atoms with Crippen molar-refractivity contribution in [1.82, 2.24) is 19.7 Å². The number of benzene rings is 1. The summed E-state index contributed by atoms with van der Waals surface area (Å²) in [7, 11) is -1.34. The molecule has 0 unspecified atom stereocenters. The summed E-state index contributed by atoms with van der Waals surface area (Å²) in [6.45, 7) is 3.90. The van der Waals surface area contributed by atoms with Gasteiger partial charge in [-0.25, -0.2) is 13.4 Å². The molecule has 21 heavy (non-hydrogen) atoms. The van der Waals surface area contributed by atoms with Gasteiger partial charge in [-0.2, -0.15) is 5.10 Å². The molecule has 0 aliphatic rings. The van der Waals surface area contributed by atoms with E-state index in [0.29, 0.717) is 11.3 Å². The van der Waals surface area contributed by atoms with E-state index in [4.69, 9.17) is 0 Å². The number of H-pyrrole nitrogens is 1. The highest BCUT2D eigenvalue weighted by molar-refractivity contribution is 7.90. The van der Waals surface area contributed by atoms with Crippen molar-refractivity contribution in [2.45, 2.75) is 18.7 Å². The lowest BCUT2D eigenvalue weighted by atomic mass is 10.2. The van der Waals surface area contributed by atoms with E-state index >= 15 is 0 Å². The third-order valence-corrected chi connectivity index (χ3v) is 4.74. The summed E-state index contributed by atoms with van der Waals surface area (Å²) in [5.74, 6) is 0.707. The van der Waals surface area contributed by atoms with Gasteiger partial charge < -0.3 is 4.98 Å². The zero-order chi connectivity index (χ0) is 15.4. The van der Waals surface area contributed by atoms with E-state index in [9.17, 15) is 8.42 Å².